The first-order valence-corrected chi connectivity index (χ1v) is 7.36. The molecule has 0 saturated carbocycles. The summed E-state index contributed by atoms with van der Waals surface area (Å²) in [5.41, 5.74) is 1.23. The zero-order valence-corrected chi connectivity index (χ0v) is 12.4. The number of hydrogen-bond acceptors (Lipinski definition) is 3. The normalized spacial score (nSPS) is 10.5. The van der Waals surface area contributed by atoms with E-state index in [-0.39, 0.29) is 5.91 Å². The average molecular weight is 309 g/mol. The van der Waals surface area contributed by atoms with Crippen molar-refractivity contribution < 1.29 is 9.18 Å². The van der Waals surface area contributed by atoms with E-state index in [2.05, 4.69) is 15.6 Å². The van der Waals surface area contributed by atoms with Crippen LogP contribution in [0.2, 0.25) is 0 Å². The maximum absolute atomic E-state index is 13.1. The van der Waals surface area contributed by atoms with Crippen molar-refractivity contribution in [2.45, 2.75) is 0 Å². The molecule has 1 amide bonds. The number of nitrogens with one attached hydrogen (secondary N) is 2. The van der Waals surface area contributed by atoms with E-state index in [0.717, 1.165) is 16.7 Å². The van der Waals surface area contributed by atoms with Crippen molar-refractivity contribution in [2.75, 3.05) is 18.4 Å². The molecule has 0 fully saturated rings. The molecule has 0 aliphatic rings. The van der Waals surface area contributed by atoms with Crippen LogP contribution < -0.4 is 10.6 Å². The highest BCUT2D eigenvalue weighted by Gasteiger charge is 2.05. The van der Waals surface area contributed by atoms with E-state index in [1.54, 1.807) is 6.07 Å². The molecule has 4 nitrogen and oxygen atoms in total. The molecule has 2 N–H and O–H groups in total. The van der Waals surface area contributed by atoms with E-state index >= 15 is 0 Å². The van der Waals surface area contributed by atoms with Crippen LogP contribution >= 0.6 is 0 Å². The van der Waals surface area contributed by atoms with Gasteiger partial charge in [-0.3, -0.25) is 4.79 Å². The van der Waals surface area contributed by atoms with Gasteiger partial charge in [0.05, 0.1) is 5.52 Å². The lowest BCUT2D eigenvalue weighted by Gasteiger charge is -2.08. The van der Waals surface area contributed by atoms with Gasteiger partial charge < -0.3 is 10.6 Å². The Morgan fingerprint density at radius 3 is 2.74 bits per heavy atom. The summed E-state index contributed by atoms with van der Waals surface area (Å²) in [5, 5.41) is 6.97. The topological polar surface area (TPSA) is 54.0 Å². The molecule has 0 aliphatic heterocycles. The monoisotopic (exact) mass is 309 g/mol. The molecule has 0 atom stereocenters. The maximum Gasteiger partial charge on any atom is 0.251 e. The number of pyridine rings is 1. The van der Waals surface area contributed by atoms with Crippen LogP contribution in [0.3, 0.4) is 0 Å². The number of amides is 1. The number of fused-ring (bicyclic) bond motifs is 1. The zero-order valence-electron chi connectivity index (χ0n) is 12.4. The van der Waals surface area contributed by atoms with E-state index < -0.39 is 5.82 Å². The maximum atomic E-state index is 13.1. The van der Waals surface area contributed by atoms with Crippen LogP contribution in [0.5, 0.6) is 0 Å². The van der Waals surface area contributed by atoms with Gasteiger partial charge in [0, 0.05) is 24.0 Å². The fraction of sp³-hybridized carbons (Fsp3) is 0.111. The fourth-order valence-corrected chi connectivity index (χ4v) is 2.26. The molecular formula is C18H16FN3O. The Bertz CT molecular complexity index is 835. The molecule has 0 aliphatic carbocycles. The molecule has 3 aromatic rings. The van der Waals surface area contributed by atoms with Crippen LogP contribution in [0.25, 0.3) is 10.9 Å². The summed E-state index contributed by atoms with van der Waals surface area (Å²) in [6.07, 6.45) is 0. The van der Waals surface area contributed by atoms with Crippen LogP contribution in [0, 0.1) is 5.82 Å². The van der Waals surface area contributed by atoms with E-state index in [4.69, 9.17) is 0 Å². The number of benzene rings is 2. The highest BCUT2D eigenvalue weighted by atomic mass is 19.1. The number of anilines is 1. The Labute approximate surface area is 133 Å². The Hall–Kier alpha value is -2.95. The number of nitrogens with zero attached hydrogens (tertiary/aromatic N) is 1. The lowest BCUT2D eigenvalue weighted by atomic mass is 10.2. The molecular weight excluding hydrogens is 293 g/mol. The van der Waals surface area contributed by atoms with Gasteiger partial charge in [-0.25, -0.2) is 9.37 Å². The van der Waals surface area contributed by atoms with Gasteiger partial charge in [-0.15, -0.1) is 0 Å². The van der Waals surface area contributed by atoms with Crippen molar-refractivity contribution in [3.63, 3.8) is 0 Å². The largest absolute Gasteiger partial charge is 0.368 e. The quantitative estimate of drug-likeness (QED) is 0.712. The van der Waals surface area contributed by atoms with Crippen molar-refractivity contribution in [2.24, 2.45) is 0 Å². The summed E-state index contributed by atoms with van der Waals surface area (Å²) in [6, 6.07) is 17.4. The Kier molecular flexibility index (Phi) is 4.47. The molecule has 0 bridgehead atoms. The van der Waals surface area contributed by atoms with Gasteiger partial charge in [-0.2, -0.15) is 0 Å². The lowest BCUT2D eigenvalue weighted by Crippen LogP contribution is -2.28. The highest BCUT2D eigenvalue weighted by Crippen LogP contribution is 2.14. The van der Waals surface area contributed by atoms with Crippen LogP contribution in [0.4, 0.5) is 10.2 Å². The van der Waals surface area contributed by atoms with Crippen LogP contribution in [-0.4, -0.2) is 24.0 Å². The van der Waals surface area contributed by atoms with Crippen molar-refractivity contribution in [1.29, 1.82) is 0 Å². The number of hydrogen-bond donors (Lipinski definition) is 2. The van der Waals surface area contributed by atoms with Gasteiger partial charge in [0.15, 0.2) is 0 Å². The number of para-hydroxylation sites is 1. The van der Waals surface area contributed by atoms with Crippen LogP contribution in [-0.2, 0) is 0 Å². The predicted molar refractivity (Wildman–Crippen MR) is 89.0 cm³/mol. The molecule has 1 aromatic heterocycles. The third kappa shape index (κ3) is 3.83. The van der Waals surface area contributed by atoms with Gasteiger partial charge in [-0.1, -0.05) is 24.3 Å². The Balaban J connectivity index is 1.51. The van der Waals surface area contributed by atoms with Gasteiger partial charge in [0.25, 0.3) is 5.91 Å². The number of carbonyl (C=O) groups excluding carboxylic acids is 1. The number of halogens is 1. The lowest BCUT2D eigenvalue weighted by molar-refractivity contribution is 0.0954. The molecule has 0 unspecified atom stereocenters. The summed E-state index contributed by atoms with van der Waals surface area (Å²) in [4.78, 5) is 16.4. The zero-order chi connectivity index (χ0) is 16.1. The first-order valence-electron chi connectivity index (χ1n) is 7.36. The molecule has 0 radical (unpaired) electrons. The smallest absolute Gasteiger partial charge is 0.251 e. The molecule has 0 saturated heterocycles. The third-order valence-corrected chi connectivity index (χ3v) is 3.40. The Morgan fingerprint density at radius 1 is 1.00 bits per heavy atom. The minimum Gasteiger partial charge on any atom is -0.368 e. The number of carbonyl (C=O) groups is 1. The molecule has 5 heteroatoms. The summed E-state index contributed by atoms with van der Waals surface area (Å²) in [6.45, 7) is 0.955. The molecule has 3 rings (SSSR count). The van der Waals surface area contributed by atoms with Gasteiger partial charge in [-0.05, 0) is 36.4 Å². The van der Waals surface area contributed by atoms with Gasteiger partial charge >= 0.3 is 0 Å². The SMILES string of the molecule is O=C(NCCNc1ccc2ccccc2n1)c1cccc(F)c1. The first-order chi connectivity index (χ1) is 11.2. The van der Waals surface area contributed by atoms with Crippen LogP contribution in [0.1, 0.15) is 10.4 Å². The summed E-state index contributed by atoms with van der Waals surface area (Å²) in [7, 11) is 0. The molecule has 1 heterocycles. The summed E-state index contributed by atoms with van der Waals surface area (Å²) < 4.78 is 13.1. The van der Waals surface area contributed by atoms with Crippen LogP contribution in [0.15, 0.2) is 60.7 Å². The molecule has 0 spiro atoms. The van der Waals surface area contributed by atoms with Crippen molar-refractivity contribution in [3.05, 3.63) is 72.0 Å². The van der Waals surface area contributed by atoms with Crippen molar-refractivity contribution in [1.82, 2.24) is 10.3 Å². The van der Waals surface area contributed by atoms with Gasteiger partial charge in [0.1, 0.15) is 11.6 Å². The molecule has 2 aromatic carbocycles. The number of rotatable bonds is 5. The second kappa shape index (κ2) is 6.87. The highest BCUT2D eigenvalue weighted by molar-refractivity contribution is 5.94. The molecule has 23 heavy (non-hydrogen) atoms. The van der Waals surface area contributed by atoms with E-state index in [1.807, 2.05) is 36.4 Å². The second-order valence-corrected chi connectivity index (χ2v) is 5.08. The van der Waals surface area contributed by atoms with E-state index in [9.17, 15) is 9.18 Å². The summed E-state index contributed by atoms with van der Waals surface area (Å²) >= 11 is 0. The first kappa shape index (κ1) is 15.0. The Morgan fingerprint density at radius 2 is 1.87 bits per heavy atom. The minimum atomic E-state index is -0.420. The second-order valence-electron chi connectivity index (χ2n) is 5.08. The minimum absolute atomic E-state index is 0.294. The van der Waals surface area contributed by atoms with E-state index in [1.165, 1.54) is 18.2 Å². The fourth-order valence-electron chi connectivity index (χ4n) is 2.26. The van der Waals surface area contributed by atoms with Crippen molar-refractivity contribution in [3.8, 4) is 0 Å². The third-order valence-electron chi connectivity index (χ3n) is 3.40. The number of aromatic nitrogens is 1. The molecule has 116 valence electrons. The average Bonchev–Trinajstić information content (AvgIpc) is 2.58. The standard InChI is InChI=1S/C18H16FN3O/c19-15-6-3-5-14(12-15)18(23)21-11-10-20-17-9-8-13-4-1-2-7-16(13)22-17/h1-9,12H,10-11H2,(H,20,22)(H,21,23). The predicted octanol–water partition coefficient (Wildman–Crippen LogP) is 3.22. The van der Waals surface area contributed by atoms with E-state index in [0.29, 0.717) is 18.7 Å². The van der Waals surface area contributed by atoms with Gasteiger partial charge in [0.2, 0.25) is 0 Å². The van der Waals surface area contributed by atoms with Crippen molar-refractivity contribution >= 4 is 22.6 Å². The summed E-state index contributed by atoms with van der Waals surface area (Å²) in [5.74, 6) is 0.0395.